The van der Waals surface area contributed by atoms with E-state index in [9.17, 15) is 4.79 Å². The van der Waals surface area contributed by atoms with Crippen LogP contribution in [0.2, 0.25) is 5.02 Å². The smallest absolute Gasteiger partial charge is 0.255 e. The van der Waals surface area contributed by atoms with Crippen LogP contribution in [-0.2, 0) is 0 Å². The standard InChI is InChI=1S/C12H14Cl2N2O/c1-8-3-5-16(11(8)6-13)12(17)9-2-4-15-7-10(9)14/h2,4,7-8,11H,3,5-6H2,1H3. The van der Waals surface area contributed by atoms with Gasteiger partial charge in [-0.2, -0.15) is 0 Å². The molecule has 0 saturated carbocycles. The molecule has 2 atom stereocenters. The number of carbonyl (C=O) groups is 1. The molecule has 1 aliphatic rings. The van der Waals surface area contributed by atoms with Gasteiger partial charge in [0.1, 0.15) is 0 Å². The summed E-state index contributed by atoms with van der Waals surface area (Å²) in [4.78, 5) is 18.0. The van der Waals surface area contributed by atoms with Gasteiger partial charge in [-0.1, -0.05) is 18.5 Å². The SMILES string of the molecule is CC1CCN(C(=O)c2ccncc2Cl)C1CCl. The number of rotatable bonds is 2. The Balaban J connectivity index is 2.24. The summed E-state index contributed by atoms with van der Waals surface area (Å²) in [6, 6.07) is 1.76. The Morgan fingerprint density at radius 2 is 2.41 bits per heavy atom. The van der Waals surface area contributed by atoms with Crippen LogP contribution >= 0.6 is 23.2 Å². The third-order valence-electron chi connectivity index (χ3n) is 3.30. The molecule has 1 saturated heterocycles. The molecule has 0 aliphatic carbocycles. The van der Waals surface area contributed by atoms with Gasteiger partial charge in [0.25, 0.3) is 5.91 Å². The third kappa shape index (κ3) is 2.40. The molecule has 0 N–H and O–H groups in total. The van der Waals surface area contributed by atoms with Crippen LogP contribution in [0.4, 0.5) is 0 Å². The van der Waals surface area contributed by atoms with Crippen molar-refractivity contribution in [2.45, 2.75) is 19.4 Å². The van der Waals surface area contributed by atoms with Gasteiger partial charge in [0.05, 0.1) is 10.6 Å². The van der Waals surface area contributed by atoms with Gasteiger partial charge >= 0.3 is 0 Å². The summed E-state index contributed by atoms with van der Waals surface area (Å²) in [5, 5.41) is 0.394. The first-order valence-corrected chi connectivity index (χ1v) is 6.53. The zero-order valence-electron chi connectivity index (χ0n) is 9.57. The molecule has 92 valence electrons. The number of alkyl halides is 1. The molecule has 1 aromatic rings. The monoisotopic (exact) mass is 272 g/mol. The second-order valence-corrected chi connectivity index (χ2v) is 5.06. The van der Waals surface area contributed by atoms with E-state index >= 15 is 0 Å². The molecule has 0 bridgehead atoms. The lowest BCUT2D eigenvalue weighted by atomic mass is 10.0. The number of nitrogens with zero attached hydrogens (tertiary/aromatic N) is 2. The van der Waals surface area contributed by atoms with E-state index < -0.39 is 0 Å². The van der Waals surface area contributed by atoms with Crippen molar-refractivity contribution in [3.8, 4) is 0 Å². The van der Waals surface area contributed by atoms with E-state index in [1.54, 1.807) is 12.3 Å². The summed E-state index contributed by atoms with van der Waals surface area (Å²) in [5.41, 5.74) is 0.505. The zero-order valence-corrected chi connectivity index (χ0v) is 11.1. The molecule has 2 rings (SSSR count). The van der Waals surface area contributed by atoms with Crippen LogP contribution in [0, 0.1) is 5.92 Å². The highest BCUT2D eigenvalue weighted by atomic mass is 35.5. The molecule has 1 fully saturated rings. The number of likely N-dealkylation sites (tertiary alicyclic amines) is 1. The van der Waals surface area contributed by atoms with Crippen LogP contribution in [0.5, 0.6) is 0 Å². The van der Waals surface area contributed by atoms with E-state index in [1.165, 1.54) is 6.20 Å². The van der Waals surface area contributed by atoms with E-state index in [0.29, 0.717) is 22.4 Å². The lowest BCUT2D eigenvalue weighted by molar-refractivity contribution is 0.0737. The normalized spacial score (nSPS) is 24.1. The Morgan fingerprint density at radius 1 is 1.65 bits per heavy atom. The van der Waals surface area contributed by atoms with Crippen molar-refractivity contribution < 1.29 is 4.79 Å². The fourth-order valence-electron chi connectivity index (χ4n) is 2.20. The predicted molar refractivity (Wildman–Crippen MR) is 68.6 cm³/mol. The van der Waals surface area contributed by atoms with Gasteiger partial charge in [-0.3, -0.25) is 9.78 Å². The molecule has 1 aliphatic heterocycles. The maximum Gasteiger partial charge on any atom is 0.255 e. The second kappa shape index (κ2) is 5.23. The number of halogens is 2. The Labute approximate surface area is 111 Å². The van der Waals surface area contributed by atoms with Gasteiger partial charge < -0.3 is 4.90 Å². The van der Waals surface area contributed by atoms with E-state index in [4.69, 9.17) is 23.2 Å². The van der Waals surface area contributed by atoms with Crippen molar-refractivity contribution in [1.82, 2.24) is 9.88 Å². The molecule has 2 heterocycles. The first-order chi connectivity index (χ1) is 8.15. The number of aromatic nitrogens is 1. The van der Waals surface area contributed by atoms with E-state index in [2.05, 4.69) is 11.9 Å². The Hall–Kier alpha value is -0.800. The van der Waals surface area contributed by atoms with Gasteiger partial charge in [-0.15, -0.1) is 11.6 Å². The molecular formula is C12H14Cl2N2O. The third-order valence-corrected chi connectivity index (χ3v) is 3.92. The van der Waals surface area contributed by atoms with E-state index in [0.717, 1.165) is 13.0 Å². The number of hydrogen-bond donors (Lipinski definition) is 0. The van der Waals surface area contributed by atoms with Gasteiger partial charge in [0.2, 0.25) is 0 Å². The molecule has 3 nitrogen and oxygen atoms in total. The minimum atomic E-state index is -0.0487. The fourth-order valence-corrected chi connectivity index (χ4v) is 2.87. The van der Waals surface area contributed by atoms with Crippen LogP contribution in [-0.4, -0.2) is 34.3 Å². The lowest BCUT2D eigenvalue weighted by Gasteiger charge is -2.25. The van der Waals surface area contributed by atoms with Gasteiger partial charge in [-0.05, 0) is 18.4 Å². The van der Waals surface area contributed by atoms with Crippen molar-refractivity contribution in [3.05, 3.63) is 29.0 Å². The Bertz CT molecular complexity index is 425. The number of amides is 1. The minimum Gasteiger partial charge on any atom is -0.334 e. The molecule has 1 amide bonds. The molecule has 0 aromatic carbocycles. The van der Waals surface area contributed by atoms with Crippen LogP contribution < -0.4 is 0 Å². The fraction of sp³-hybridized carbons (Fsp3) is 0.500. The highest BCUT2D eigenvalue weighted by molar-refractivity contribution is 6.33. The summed E-state index contributed by atoms with van der Waals surface area (Å²) in [5.74, 6) is 0.861. The van der Waals surface area contributed by atoms with Crippen molar-refractivity contribution in [1.29, 1.82) is 0 Å². The number of hydrogen-bond acceptors (Lipinski definition) is 2. The average molecular weight is 273 g/mol. The lowest BCUT2D eigenvalue weighted by Crippen LogP contribution is -2.38. The first kappa shape index (κ1) is 12.7. The minimum absolute atomic E-state index is 0.0487. The number of carbonyl (C=O) groups excluding carboxylic acids is 1. The molecule has 2 unspecified atom stereocenters. The molecule has 0 radical (unpaired) electrons. The van der Waals surface area contributed by atoms with Crippen LogP contribution in [0.1, 0.15) is 23.7 Å². The Morgan fingerprint density at radius 3 is 3.06 bits per heavy atom. The first-order valence-electron chi connectivity index (χ1n) is 5.61. The largest absolute Gasteiger partial charge is 0.334 e. The summed E-state index contributed by atoms with van der Waals surface area (Å²) >= 11 is 11.9. The molecule has 0 spiro atoms. The topological polar surface area (TPSA) is 33.2 Å². The Kier molecular flexibility index (Phi) is 3.89. The zero-order chi connectivity index (χ0) is 12.4. The quantitative estimate of drug-likeness (QED) is 0.776. The number of pyridine rings is 1. The summed E-state index contributed by atoms with van der Waals surface area (Å²) in [6.45, 7) is 2.87. The summed E-state index contributed by atoms with van der Waals surface area (Å²) < 4.78 is 0. The van der Waals surface area contributed by atoms with Gasteiger partial charge in [0.15, 0.2) is 0 Å². The van der Waals surface area contributed by atoms with Crippen LogP contribution in [0.25, 0.3) is 0 Å². The maximum atomic E-state index is 12.3. The predicted octanol–water partition coefficient (Wildman–Crippen LogP) is 2.82. The molecular weight excluding hydrogens is 259 g/mol. The molecule has 17 heavy (non-hydrogen) atoms. The van der Waals surface area contributed by atoms with Crippen molar-refractivity contribution >= 4 is 29.1 Å². The van der Waals surface area contributed by atoms with Crippen molar-refractivity contribution in [3.63, 3.8) is 0 Å². The summed E-state index contributed by atoms with van der Waals surface area (Å²) in [7, 11) is 0. The molecule has 1 aromatic heterocycles. The van der Waals surface area contributed by atoms with Crippen molar-refractivity contribution in [2.24, 2.45) is 5.92 Å². The average Bonchev–Trinajstić information content (AvgIpc) is 2.70. The van der Waals surface area contributed by atoms with Crippen LogP contribution in [0.15, 0.2) is 18.5 Å². The van der Waals surface area contributed by atoms with Gasteiger partial charge in [0, 0.05) is 30.9 Å². The highest BCUT2D eigenvalue weighted by Crippen LogP contribution is 2.27. The van der Waals surface area contributed by atoms with Crippen molar-refractivity contribution in [2.75, 3.05) is 12.4 Å². The van der Waals surface area contributed by atoms with Crippen LogP contribution in [0.3, 0.4) is 0 Å². The molecule has 5 heteroatoms. The van der Waals surface area contributed by atoms with E-state index in [1.807, 2.05) is 4.90 Å². The highest BCUT2D eigenvalue weighted by Gasteiger charge is 2.34. The van der Waals surface area contributed by atoms with Gasteiger partial charge in [-0.25, -0.2) is 0 Å². The second-order valence-electron chi connectivity index (χ2n) is 4.34. The van der Waals surface area contributed by atoms with E-state index in [-0.39, 0.29) is 11.9 Å². The summed E-state index contributed by atoms with van der Waals surface area (Å²) in [6.07, 6.45) is 4.06. The maximum absolute atomic E-state index is 12.3.